The smallest absolute Gasteiger partial charge is 0.317 e. The van der Waals surface area contributed by atoms with E-state index in [0.717, 1.165) is 5.56 Å². The fourth-order valence-corrected chi connectivity index (χ4v) is 1.45. The fraction of sp³-hybridized carbons (Fsp3) is 0.417. The van der Waals surface area contributed by atoms with Crippen LogP contribution in [0.15, 0.2) is 24.3 Å². The van der Waals surface area contributed by atoms with E-state index >= 15 is 0 Å². The monoisotopic (exact) mass is 256 g/mol. The SMILES string of the molecule is O=C(NCc1ccc(F)cc1)N(CCO)CCO. The highest BCUT2D eigenvalue weighted by Crippen LogP contribution is 2.02. The first kappa shape index (κ1) is 14.4. The van der Waals surface area contributed by atoms with Gasteiger partial charge in [0.15, 0.2) is 0 Å². The Morgan fingerprint density at radius 2 is 1.72 bits per heavy atom. The Bertz CT molecular complexity index is 364. The zero-order chi connectivity index (χ0) is 13.4. The summed E-state index contributed by atoms with van der Waals surface area (Å²) in [6, 6.07) is 5.43. The van der Waals surface area contributed by atoms with Crippen LogP contribution in [0.2, 0.25) is 0 Å². The van der Waals surface area contributed by atoms with Gasteiger partial charge in [0.2, 0.25) is 0 Å². The number of urea groups is 1. The zero-order valence-electron chi connectivity index (χ0n) is 9.97. The molecule has 0 radical (unpaired) electrons. The second-order valence-electron chi connectivity index (χ2n) is 3.72. The first-order chi connectivity index (χ1) is 8.67. The topological polar surface area (TPSA) is 72.8 Å². The van der Waals surface area contributed by atoms with Crippen LogP contribution in [-0.4, -0.2) is 47.4 Å². The second kappa shape index (κ2) is 7.62. The molecule has 0 aliphatic heterocycles. The summed E-state index contributed by atoms with van der Waals surface area (Å²) in [7, 11) is 0. The highest BCUT2D eigenvalue weighted by atomic mass is 19.1. The van der Waals surface area contributed by atoms with Crippen molar-refractivity contribution in [2.45, 2.75) is 6.54 Å². The quantitative estimate of drug-likeness (QED) is 0.686. The number of halogens is 1. The molecule has 18 heavy (non-hydrogen) atoms. The summed E-state index contributed by atoms with van der Waals surface area (Å²) in [6.45, 7) is 0.270. The molecule has 0 atom stereocenters. The maximum atomic E-state index is 12.7. The van der Waals surface area contributed by atoms with Gasteiger partial charge in [-0.1, -0.05) is 12.1 Å². The standard InChI is InChI=1S/C12H17FN2O3/c13-11-3-1-10(2-4-11)9-14-12(18)15(5-7-16)6-8-17/h1-4,16-17H,5-9H2,(H,14,18). The van der Waals surface area contributed by atoms with E-state index in [4.69, 9.17) is 10.2 Å². The predicted octanol–water partition coefficient (Wildman–Crippen LogP) is 0.322. The minimum Gasteiger partial charge on any atom is -0.395 e. The van der Waals surface area contributed by atoms with Crippen LogP contribution in [0.3, 0.4) is 0 Å². The number of rotatable bonds is 6. The third-order valence-electron chi connectivity index (χ3n) is 2.38. The Balaban J connectivity index is 2.45. The molecule has 0 bridgehead atoms. The van der Waals surface area contributed by atoms with E-state index in [-0.39, 0.29) is 44.7 Å². The van der Waals surface area contributed by atoms with Crippen LogP contribution in [0.5, 0.6) is 0 Å². The lowest BCUT2D eigenvalue weighted by Gasteiger charge is -2.21. The van der Waals surface area contributed by atoms with Crippen LogP contribution in [-0.2, 0) is 6.54 Å². The summed E-state index contributed by atoms with van der Waals surface area (Å²) < 4.78 is 12.7. The number of aliphatic hydroxyl groups excluding tert-OH is 2. The Hall–Kier alpha value is -1.66. The van der Waals surface area contributed by atoms with Crippen LogP contribution >= 0.6 is 0 Å². The molecule has 100 valence electrons. The van der Waals surface area contributed by atoms with E-state index in [0.29, 0.717) is 0 Å². The van der Waals surface area contributed by atoms with Crippen molar-refractivity contribution in [2.75, 3.05) is 26.3 Å². The fourth-order valence-electron chi connectivity index (χ4n) is 1.45. The molecule has 1 aromatic carbocycles. The van der Waals surface area contributed by atoms with Crippen molar-refractivity contribution >= 4 is 6.03 Å². The Morgan fingerprint density at radius 1 is 1.17 bits per heavy atom. The third kappa shape index (κ3) is 4.68. The van der Waals surface area contributed by atoms with E-state index in [9.17, 15) is 9.18 Å². The maximum Gasteiger partial charge on any atom is 0.317 e. The molecule has 0 saturated heterocycles. The molecule has 5 nitrogen and oxygen atoms in total. The lowest BCUT2D eigenvalue weighted by atomic mass is 10.2. The summed E-state index contributed by atoms with van der Waals surface area (Å²) in [4.78, 5) is 13.0. The van der Waals surface area contributed by atoms with Crippen LogP contribution in [0.25, 0.3) is 0 Å². The lowest BCUT2D eigenvalue weighted by Crippen LogP contribution is -2.42. The maximum absolute atomic E-state index is 12.7. The van der Waals surface area contributed by atoms with Crippen molar-refractivity contribution in [1.82, 2.24) is 10.2 Å². The summed E-state index contributed by atoms with van der Waals surface area (Å²) in [5, 5.41) is 20.2. The van der Waals surface area contributed by atoms with Gasteiger partial charge >= 0.3 is 6.03 Å². The molecule has 0 fully saturated rings. The van der Waals surface area contributed by atoms with Gasteiger partial charge in [-0.3, -0.25) is 0 Å². The Morgan fingerprint density at radius 3 is 2.22 bits per heavy atom. The van der Waals surface area contributed by atoms with E-state index in [1.807, 2.05) is 0 Å². The summed E-state index contributed by atoms with van der Waals surface area (Å²) >= 11 is 0. The van der Waals surface area contributed by atoms with Gasteiger partial charge in [0.1, 0.15) is 5.82 Å². The number of nitrogens with zero attached hydrogens (tertiary/aromatic N) is 1. The molecule has 0 heterocycles. The molecule has 1 aromatic rings. The highest BCUT2D eigenvalue weighted by Gasteiger charge is 2.11. The van der Waals surface area contributed by atoms with Crippen molar-refractivity contribution in [3.63, 3.8) is 0 Å². The summed E-state index contributed by atoms with van der Waals surface area (Å²) in [5.41, 5.74) is 0.776. The van der Waals surface area contributed by atoms with E-state index in [2.05, 4.69) is 5.32 Å². The average molecular weight is 256 g/mol. The lowest BCUT2D eigenvalue weighted by molar-refractivity contribution is 0.158. The van der Waals surface area contributed by atoms with Crippen molar-refractivity contribution in [3.05, 3.63) is 35.6 Å². The molecule has 0 spiro atoms. The van der Waals surface area contributed by atoms with Gasteiger partial charge in [-0.2, -0.15) is 0 Å². The van der Waals surface area contributed by atoms with Crippen LogP contribution < -0.4 is 5.32 Å². The van der Waals surface area contributed by atoms with Crippen LogP contribution in [0, 0.1) is 5.82 Å². The van der Waals surface area contributed by atoms with Gasteiger partial charge in [-0.05, 0) is 17.7 Å². The highest BCUT2D eigenvalue weighted by molar-refractivity contribution is 5.74. The van der Waals surface area contributed by atoms with Gasteiger partial charge in [-0.15, -0.1) is 0 Å². The number of amides is 2. The summed E-state index contributed by atoms with van der Waals surface area (Å²) in [5.74, 6) is -0.327. The summed E-state index contributed by atoms with van der Waals surface area (Å²) in [6.07, 6.45) is 0. The van der Waals surface area contributed by atoms with Crippen molar-refractivity contribution < 1.29 is 19.4 Å². The van der Waals surface area contributed by atoms with E-state index < -0.39 is 0 Å². The Labute approximate surface area is 105 Å². The molecular formula is C12H17FN2O3. The van der Waals surface area contributed by atoms with Crippen molar-refractivity contribution in [1.29, 1.82) is 0 Å². The Kier molecular flexibility index (Phi) is 6.10. The number of hydrogen-bond acceptors (Lipinski definition) is 3. The number of carbonyl (C=O) groups excluding carboxylic acids is 1. The molecule has 3 N–H and O–H groups in total. The number of benzene rings is 1. The minimum atomic E-state index is -0.373. The molecule has 1 rings (SSSR count). The van der Waals surface area contributed by atoms with Crippen molar-refractivity contribution in [2.24, 2.45) is 0 Å². The molecule has 0 aliphatic rings. The number of nitrogens with one attached hydrogen (secondary N) is 1. The molecule has 2 amide bonds. The van der Waals surface area contributed by atoms with Gasteiger partial charge in [-0.25, -0.2) is 9.18 Å². The first-order valence-corrected chi connectivity index (χ1v) is 5.66. The first-order valence-electron chi connectivity index (χ1n) is 5.66. The molecule has 0 aliphatic carbocycles. The second-order valence-corrected chi connectivity index (χ2v) is 3.72. The van der Waals surface area contributed by atoms with E-state index in [1.54, 1.807) is 12.1 Å². The molecule has 0 aromatic heterocycles. The van der Waals surface area contributed by atoms with Gasteiger partial charge < -0.3 is 20.4 Å². The normalized spacial score (nSPS) is 10.2. The zero-order valence-corrected chi connectivity index (χ0v) is 9.97. The number of hydrogen-bond donors (Lipinski definition) is 3. The minimum absolute atomic E-state index is 0.163. The molecule has 0 unspecified atom stereocenters. The van der Waals surface area contributed by atoms with Gasteiger partial charge in [0.25, 0.3) is 0 Å². The number of aliphatic hydroxyl groups is 2. The average Bonchev–Trinajstić information content (AvgIpc) is 2.37. The molecular weight excluding hydrogens is 239 g/mol. The van der Waals surface area contributed by atoms with Crippen LogP contribution in [0.1, 0.15) is 5.56 Å². The van der Waals surface area contributed by atoms with Crippen molar-refractivity contribution in [3.8, 4) is 0 Å². The molecule has 0 saturated carbocycles. The van der Waals surface area contributed by atoms with Crippen LogP contribution in [0.4, 0.5) is 9.18 Å². The number of carbonyl (C=O) groups is 1. The largest absolute Gasteiger partial charge is 0.395 e. The van der Waals surface area contributed by atoms with Gasteiger partial charge in [0, 0.05) is 19.6 Å². The molecule has 6 heteroatoms. The predicted molar refractivity (Wildman–Crippen MR) is 64.4 cm³/mol. The van der Waals surface area contributed by atoms with Gasteiger partial charge in [0.05, 0.1) is 13.2 Å². The van der Waals surface area contributed by atoms with E-state index in [1.165, 1.54) is 17.0 Å². The third-order valence-corrected chi connectivity index (χ3v) is 2.38.